The number of hydrogen-bond donors (Lipinski definition) is 0. The number of hydrogen-bond acceptors (Lipinski definition) is 6. The van der Waals surface area contributed by atoms with Crippen molar-refractivity contribution >= 4 is 15.8 Å². The van der Waals surface area contributed by atoms with Crippen LogP contribution in [0, 0.1) is 11.3 Å². The molecule has 1 aliphatic heterocycles. The summed E-state index contributed by atoms with van der Waals surface area (Å²) in [4.78, 5) is 9.71. The molecule has 1 aromatic rings. The van der Waals surface area contributed by atoms with Gasteiger partial charge in [0, 0.05) is 31.5 Å². The molecule has 0 saturated carbocycles. The van der Waals surface area contributed by atoms with E-state index in [1.165, 1.54) is 12.4 Å². The lowest BCUT2D eigenvalue weighted by Gasteiger charge is -2.37. The zero-order valence-corrected chi connectivity index (χ0v) is 13.7. The maximum absolute atomic E-state index is 12.7. The minimum absolute atomic E-state index is 0.131. The lowest BCUT2D eigenvalue weighted by molar-refractivity contribution is -0.139. The van der Waals surface area contributed by atoms with Crippen LogP contribution >= 0.6 is 0 Å². The highest BCUT2D eigenvalue weighted by Crippen LogP contribution is 2.27. The van der Waals surface area contributed by atoms with Gasteiger partial charge in [-0.3, -0.25) is 0 Å². The third-order valence-electron chi connectivity index (χ3n) is 3.72. The van der Waals surface area contributed by atoms with Crippen LogP contribution in [0.4, 0.5) is 19.0 Å². The Bertz CT molecular complexity index is 724. The molecule has 0 bridgehead atoms. The number of nitriles is 1. The van der Waals surface area contributed by atoms with E-state index in [4.69, 9.17) is 5.26 Å². The van der Waals surface area contributed by atoms with Crippen LogP contribution in [0.5, 0.6) is 0 Å². The molecule has 11 heteroatoms. The van der Waals surface area contributed by atoms with Gasteiger partial charge in [0.1, 0.15) is 12.6 Å². The Kier molecular flexibility index (Phi) is 5.29. The Morgan fingerprint density at radius 2 is 1.92 bits per heavy atom. The van der Waals surface area contributed by atoms with Gasteiger partial charge in [0.05, 0.1) is 6.26 Å². The minimum Gasteiger partial charge on any atom is -0.354 e. The Morgan fingerprint density at radius 1 is 1.33 bits per heavy atom. The molecule has 24 heavy (non-hydrogen) atoms. The van der Waals surface area contributed by atoms with Gasteiger partial charge in [-0.05, 0) is 12.8 Å². The monoisotopic (exact) mass is 363 g/mol. The van der Waals surface area contributed by atoms with Crippen molar-refractivity contribution in [3.8, 4) is 6.07 Å². The molecule has 0 atom stereocenters. The molecule has 132 valence electrons. The highest BCUT2D eigenvalue weighted by Gasteiger charge is 2.39. The van der Waals surface area contributed by atoms with Gasteiger partial charge in [0.25, 0.3) is 0 Å². The van der Waals surface area contributed by atoms with E-state index in [0.717, 1.165) is 6.26 Å². The van der Waals surface area contributed by atoms with E-state index in [0.29, 0.717) is 23.2 Å². The Balaban J connectivity index is 2.12. The average molecular weight is 363 g/mol. The molecule has 1 fully saturated rings. The molecule has 1 saturated heterocycles. The molecule has 0 aromatic carbocycles. The van der Waals surface area contributed by atoms with Crippen molar-refractivity contribution in [2.45, 2.75) is 25.1 Å². The zero-order chi connectivity index (χ0) is 18.0. The molecule has 2 rings (SSSR count). The molecular weight excluding hydrogens is 347 g/mol. The van der Waals surface area contributed by atoms with Gasteiger partial charge >= 0.3 is 6.18 Å². The fourth-order valence-corrected chi connectivity index (χ4v) is 3.83. The van der Waals surface area contributed by atoms with E-state index in [2.05, 4.69) is 9.97 Å². The van der Waals surface area contributed by atoms with E-state index in [-0.39, 0.29) is 18.5 Å². The number of anilines is 1. The van der Waals surface area contributed by atoms with Gasteiger partial charge in [-0.15, -0.1) is 0 Å². The SMILES string of the molecule is CS(=O)(=O)N(CC(F)(F)F)C1CCN(c2nccnc2C#N)CC1. The van der Waals surface area contributed by atoms with Gasteiger partial charge in [-0.2, -0.15) is 22.7 Å². The van der Waals surface area contributed by atoms with Crippen LogP contribution < -0.4 is 4.90 Å². The number of sulfonamides is 1. The predicted molar refractivity (Wildman–Crippen MR) is 79.6 cm³/mol. The molecular formula is C13H16F3N5O2S. The summed E-state index contributed by atoms with van der Waals surface area (Å²) in [5.41, 5.74) is 0.131. The summed E-state index contributed by atoms with van der Waals surface area (Å²) in [6, 6.07) is 1.18. The van der Waals surface area contributed by atoms with Crippen LogP contribution in [0.15, 0.2) is 12.4 Å². The summed E-state index contributed by atoms with van der Waals surface area (Å²) in [5.74, 6) is 0.361. The standard InChI is InChI=1S/C13H16F3N5O2S/c1-24(22,23)21(9-13(14,15)16)10-2-6-20(7-3-10)12-11(8-17)18-4-5-19-12/h4-5,10H,2-3,6-7,9H2,1H3. The number of rotatable bonds is 4. The fraction of sp³-hybridized carbons (Fsp3) is 0.615. The average Bonchev–Trinajstić information content (AvgIpc) is 2.51. The molecule has 0 N–H and O–H groups in total. The summed E-state index contributed by atoms with van der Waals surface area (Å²) in [6.45, 7) is -0.908. The van der Waals surface area contributed by atoms with E-state index in [9.17, 15) is 21.6 Å². The lowest BCUT2D eigenvalue weighted by Crippen LogP contribution is -2.50. The quantitative estimate of drug-likeness (QED) is 0.797. The second-order valence-corrected chi connectivity index (χ2v) is 7.42. The number of alkyl halides is 3. The number of aromatic nitrogens is 2. The van der Waals surface area contributed by atoms with E-state index in [1.807, 2.05) is 6.07 Å². The summed E-state index contributed by atoms with van der Waals surface area (Å²) in [5, 5.41) is 9.03. The first-order chi connectivity index (χ1) is 11.1. The molecule has 1 aliphatic rings. The van der Waals surface area contributed by atoms with E-state index in [1.54, 1.807) is 4.90 Å². The Hall–Kier alpha value is -1.93. The van der Waals surface area contributed by atoms with Gasteiger partial charge in [-0.25, -0.2) is 18.4 Å². The topological polar surface area (TPSA) is 90.2 Å². The first kappa shape index (κ1) is 18.4. The fourth-order valence-electron chi connectivity index (χ4n) is 2.70. The summed E-state index contributed by atoms with van der Waals surface area (Å²) in [6.07, 6.45) is -0.589. The first-order valence-corrected chi connectivity index (χ1v) is 8.96. The molecule has 0 radical (unpaired) electrons. The van der Waals surface area contributed by atoms with Crippen LogP contribution in [-0.4, -0.2) is 60.8 Å². The molecule has 0 unspecified atom stereocenters. The van der Waals surface area contributed by atoms with Crippen LogP contribution in [-0.2, 0) is 10.0 Å². The minimum atomic E-state index is -4.60. The van der Waals surface area contributed by atoms with Gasteiger partial charge in [0.15, 0.2) is 11.5 Å². The third-order valence-corrected chi connectivity index (χ3v) is 5.00. The van der Waals surface area contributed by atoms with Gasteiger partial charge in [0.2, 0.25) is 10.0 Å². The van der Waals surface area contributed by atoms with Crippen LogP contribution in [0.2, 0.25) is 0 Å². The second-order valence-electron chi connectivity index (χ2n) is 5.48. The van der Waals surface area contributed by atoms with Crippen molar-refractivity contribution in [1.29, 1.82) is 5.26 Å². The maximum atomic E-state index is 12.7. The summed E-state index contributed by atoms with van der Waals surface area (Å²) in [7, 11) is -3.98. The van der Waals surface area contributed by atoms with E-state index >= 15 is 0 Å². The third kappa shape index (κ3) is 4.55. The summed E-state index contributed by atoms with van der Waals surface area (Å²) < 4.78 is 61.9. The number of piperidine rings is 1. The number of nitrogens with zero attached hydrogens (tertiary/aromatic N) is 5. The first-order valence-electron chi connectivity index (χ1n) is 7.11. The zero-order valence-electron chi connectivity index (χ0n) is 12.9. The van der Waals surface area contributed by atoms with Crippen LogP contribution in [0.3, 0.4) is 0 Å². The molecule has 2 heterocycles. The molecule has 7 nitrogen and oxygen atoms in total. The largest absolute Gasteiger partial charge is 0.402 e. The number of halogens is 3. The lowest BCUT2D eigenvalue weighted by atomic mass is 10.0. The summed E-state index contributed by atoms with van der Waals surface area (Å²) >= 11 is 0. The second kappa shape index (κ2) is 6.90. The molecule has 1 aromatic heterocycles. The highest BCUT2D eigenvalue weighted by molar-refractivity contribution is 7.88. The molecule has 0 spiro atoms. The van der Waals surface area contributed by atoms with Gasteiger partial charge in [-0.1, -0.05) is 0 Å². The molecule has 0 amide bonds. The smallest absolute Gasteiger partial charge is 0.354 e. The maximum Gasteiger partial charge on any atom is 0.402 e. The van der Waals surface area contributed by atoms with Crippen molar-refractivity contribution in [3.05, 3.63) is 18.1 Å². The Labute approximate surface area is 137 Å². The predicted octanol–water partition coefficient (Wildman–Crippen LogP) is 1.14. The van der Waals surface area contributed by atoms with Crippen molar-refractivity contribution < 1.29 is 21.6 Å². The van der Waals surface area contributed by atoms with Crippen LogP contribution in [0.1, 0.15) is 18.5 Å². The molecule has 0 aliphatic carbocycles. The van der Waals surface area contributed by atoms with Crippen molar-refractivity contribution in [3.63, 3.8) is 0 Å². The normalized spacial score (nSPS) is 17.1. The van der Waals surface area contributed by atoms with Crippen molar-refractivity contribution in [2.75, 3.05) is 30.8 Å². The van der Waals surface area contributed by atoms with Crippen molar-refractivity contribution in [2.24, 2.45) is 0 Å². The van der Waals surface area contributed by atoms with Crippen molar-refractivity contribution in [1.82, 2.24) is 14.3 Å². The van der Waals surface area contributed by atoms with Gasteiger partial charge < -0.3 is 4.90 Å². The van der Waals surface area contributed by atoms with Crippen LogP contribution in [0.25, 0.3) is 0 Å². The van der Waals surface area contributed by atoms with E-state index < -0.39 is 28.8 Å². The Morgan fingerprint density at radius 3 is 2.42 bits per heavy atom. The highest BCUT2D eigenvalue weighted by atomic mass is 32.2.